The second-order valence-electron chi connectivity index (χ2n) is 2.88. The van der Waals surface area contributed by atoms with Gasteiger partial charge in [-0.1, -0.05) is 17.7 Å². The van der Waals surface area contributed by atoms with E-state index in [4.69, 9.17) is 17.4 Å². The van der Waals surface area contributed by atoms with Crippen LogP contribution in [0.4, 0.5) is 5.69 Å². The van der Waals surface area contributed by atoms with Crippen molar-refractivity contribution in [3.63, 3.8) is 0 Å². The minimum atomic E-state index is 0.552. The molecule has 0 spiro atoms. The Hall–Kier alpha value is -1.65. The number of rotatable bonds is 2. The maximum atomic E-state index is 6.07. The van der Waals surface area contributed by atoms with Gasteiger partial charge in [0.2, 0.25) is 0 Å². The minimum Gasteiger partial charge on any atom is -0.323 e. The Morgan fingerprint density at radius 1 is 1.13 bits per heavy atom. The first kappa shape index (κ1) is 9.89. The van der Waals surface area contributed by atoms with E-state index in [2.05, 4.69) is 15.4 Å². The standard InChI is InChI=1S/C10H9ClN4/c11-7-3-1-4-8(15-12)9(7)10-13-5-2-6-14-10/h1-6,15H,12H2. The summed E-state index contributed by atoms with van der Waals surface area (Å²) in [5, 5.41) is 0.566. The van der Waals surface area contributed by atoms with Gasteiger partial charge in [0.25, 0.3) is 0 Å². The average Bonchev–Trinajstić information content (AvgIpc) is 2.29. The van der Waals surface area contributed by atoms with Crippen LogP contribution in [0.25, 0.3) is 11.4 Å². The number of halogens is 1. The highest BCUT2D eigenvalue weighted by atomic mass is 35.5. The lowest BCUT2D eigenvalue weighted by molar-refractivity contribution is 1.17. The summed E-state index contributed by atoms with van der Waals surface area (Å²) in [6.07, 6.45) is 3.32. The van der Waals surface area contributed by atoms with Gasteiger partial charge in [-0.2, -0.15) is 0 Å². The summed E-state index contributed by atoms with van der Waals surface area (Å²) in [4.78, 5) is 8.25. The van der Waals surface area contributed by atoms with E-state index in [1.165, 1.54) is 0 Å². The second-order valence-corrected chi connectivity index (χ2v) is 3.29. The monoisotopic (exact) mass is 220 g/mol. The largest absolute Gasteiger partial charge is 0.323 e. The quantitative estimate of drug-likeness (QED) is 0.601. The van der Waals surface area contributed by atoms with Gasteiger partial charge in [-0.15, -0.1) is 0 Å². The molecule has 0 unspecified atom stereocenters. The zero-order valence-electron chi connectivity index (χ0n) is 7.81. The number of hydrazine groups is 1. The van der Waals surface area contributed by atoms with Gasteiger partial charge in [0.15, 0.2) is 5.82 Å². The predicted octanol–water partition coefficient (Wildman–Crippen LogP) is 2.08. The smallest absolute Gasteiger partial charge is 0.162 e. The van der Waals surface area contributed by atoms with E-state index >= 15 is 0 Å². The number of aromatic nitrogens is 2. The highest BCUT2D eigenvalue weighted by molar-refractivity contribution is 6.33. The molecule has 1 aromatic heterocycles. The van der Waals surface area contributed by atoms with E-state index in [0.717, 1.165) is 0 Å². The SMILES string of the molecule is NNc1cccc(Cl)c1-c1ncccn1. The Labute approximate surface area is 92.1 Å². The van der Waals surface area contributed by atoms with Crippen LogP contribution in [0.15, 0.2) is 36.7 Å². The van der Waals surface area contributed by atoms with Crippen molar-refractivity contribution in [3.05, 3.63) is 41.7 Å². The summed E-state index contributed by atoms with van der Waals surface area (Å²) >= 11 is 6.07. The van der Waals surface area contributed by atoms with Gasteiger partial charge in [-0.25, -0.2) is 9.97 Å². The molecule has 2 rings (SSSR count). The Balaban J connectivity index is 2.61. The molecule has 76 valence electrons. The molecule has 0 fully saturated rings. The van der Waals surface area contributed by atoms with Crippen LogP contribution < -0.4 is 11.3 Å². The number of nitrogens with one attached hydrogen (secondary N) is 1. The third kappa shape index (κ3) is 1.91. The first-order valence-electron chi connectivity index (χ1n) is 4.35. The molecule has 2 aromatic rings. The van der Waals surface area contributed by atoms with Crippen molar-refractivity contribution in [3.8, 4) is 11.4 Å². The number of benzene rings is 1. The molecule has 0 atom stereocenters. The van der Waals surface area contributed by atoms with Gasteiger partial charge in [0, 0.05) is 12.4 Å². The van der Waals surface area contributed by atoms with Gasteiger partial charge in [-0.3, -0.25) is 5.84 Å². The van der Waals surface area contributed by atoms with Crippen molar-refractivity contribution in [1.29, 1.82) is 0 Å². The summed E-state index contributed by atoms with van der Waals surface area (Å²) in [6, 6.07) is 7.14. The predicted molar refractivity (Wildman–Crippen MR) is 60.3 cm³/mol. The number of nitrogens with two attached hydrogens (primary N) is 1. The van der Waals surface area contributed by atoms with E-state index in [9.17, 15) is 0 Å². The van der Waals surface area contributed by atoms with E-state index in [1.807, 2.05) is 12.1 Å². The molecule has 0 aliphatic rings. The second kappa shape index (κ2) is 4.25. The molecule has 1 aromatic carbocycles. The maximum absolute atomic E-state index is 6.07. The number of hydrogen-bond donors (Lipinski definition) is 2. The number of anilines is 1. The van der Waals surface area contributed by atoms with E-state index in [-0.39, 0.29) is 0 Å². The summed E-state index contributed by atoms with van der Waals surface area (Å²) in [7, 11) is 0. The molecular formula is C10H9ClN4. The maximum Gasteiger partial charge on any atom is 0.162 e. The van der Waals surface area contributed by atoms with Gasteiger partial charge < -0.3 is 5.43 Å². The Bertz CT molecular complexity index is 458. The van der Waals surface area contributed by atoms with E-state index < -0.39 is 0 Å². The Morgan fingerprint density at radius 2 is 1.87 bits per heavy atom. The van der Waals surface area contributed by atoms with Gasteiger partial charge in [0.05, 0.1) is 16.3 Å². The topological polar surface area (TPSA) is 63.8 Å². The third-order valence-electron chi connectivity index (χ3n) is 1.96. The summed E-state index contributed by atoms with van der Waals surface area (Å²) in [6.45, 7) is 0. The van der Waals surface area contributed by atoms with Crippen molar-refractivity contribution < 1.29 is 0 Å². The van der Waals surface area contributed by atoms with Crippen molar-refractivity contribution in [2.24, 2.45) is 5.84 Å². The molecule has 5 heteroatoms. The number of hydrogen-bond acceptors (Lipinski definition) is 4. The van der Waals surface area contributed by atoms with E-state index in [1.54, 1.807) is 24.5 Å². The van der Waals surface area contributed by atoms with Crippen LogP contribution in [0, 0.1) is 0 Å². The van der Waals surface area contributed by atoms with Crippen molar-refractivity contribution >= 4 is 17.3 Å². The Kier molecular flexibility index (Phi) is 2.80. The van der Waals surface area contributed by atoms with Gasteiger partial charge >= 0.3 is 0 Å². The van der Waals surface area contributed by atoms with Gasteiger partial charge in [-0.05, 0) is 18.2 Å². The first-order valence-corrected chi connectivity index (χ1v) is 4.73. The lowest BCUT2D eigenvalue weighted by Crippen LogP contribution is -2.08. The lowest BCUT2D eigenvalue weighted by atomic mass is 10.1. The molecule has 0 saturated heterocycles. The molecule has 0 bridgehead atoms. The molecule has 3 N–H and O–H groups in total. The molecule has 0 saturated carbocycles. The highest BCUT2D eigenvalue weighted by Crippen LogP contribution is 2.31. The first-order chi connectivity index (χ1) is 7.33. The van der Waals surface area contributed by atoms with Crippen molar-refractivity contribution in [2.75, 3.05) is 5.43 Å². The van der Waals surface area contributed by atoms with Crippen LogP contribution in [0.5, 0.6) is 0 Å². The van der Waals surface area contributed by atoms with Crippen LogP contribution in [0.2, 0.25) is 5.02 Å². The van der Waals surface area contributed by atoms with Gasteiger partial charge in [0.1, 0.15) is 0 Å². The lowest BCUT2D eigenvalue weighted by Gasteiger charge is -2.08. The fourth-order valence-electron chi connectivity index (χ4n) is 1.30. The summed E-state index contributed by atoms with van der Waals surface area (Å²) in [5.41, 5.74) is 3.98. The highest BCUT2D eigenvalue weighted by Gasteiger charge is 2.10. The molecule has 1 heterocycles. The fraction of sp³-hybridized carbons (Fsp3) is 0. The summed E-state index contributed by atoms with van der Waals surface area (Å²) < 4.78 is 0. The minimum absolute atomic E-state index is 0.552. The fourth-order valence-corrected chi connectivity index (χ4v) is 1.56. The zero-order chi connectivity index (χ0) is 10.7. The molecule has 0 amide bonds. The number of nitrogen functional groups attached to an aromatic ring is 1. The number of nitrogens with zero attached hydrogens (tertiary/aromatic N) is 2. The average molecular weight is 221 g/mol. The normalized spacial score (nSPS) is 10.0. The molecule has 0 aliphatic heterocycles. The molecule has 4 nitrogen and oxygen atoms in total. The van der Waals surface area contributed by atoms with Crippen LogP contribution in [0.1, 0.15) is 0 Å². The van der Waals surface area contributed by atoms with E-state index in [0.29, 0.717) is 22.1 Å². The zero-order valence-corrected chi connectivity index (χ0v) is 8.57. The van der Waals surface area contributed by atoms with Crippen LogP contribution >= 0.6 is 11.6 Å². The van der Waals surface area contributed by atoms with Crippen LogP contribution in [0.3, 0.4) is 0 Å². The Morgan fingerprint density at radius 3 is 2.53 bits per heavy atom. The van der Waals surface area contributed by atoms with Crippen molar-refractivity contribution in [1.82, 2.24) is 9.97 Å². The summed E-state index contributed by atoms with van der Waals surface area (Å²) in [5.74, 6) is 5.94. The molecule has 15 heavy (non-hydrogen) atoms. The molecule has 0 aliphatic carbocycles. The van der Waals surface area contributed by atoms with Crippen LogP contribution in [-0.4, -0.2) is 9.97 Å². The third-order valence-corrected chi connectivity index (χ3v) is 2.27. The van der Waals surface area contributed by atoms with Crippen molar-refractivity contribution in [2.45, 2.75) is 0 Å². The van der Waals surface area contributed by atoms with Crippen LogP contribution in [-0.2, 0) is 0 Å². The molecular weight excluding hydrogens is 212 g/mol. The molecule has 0 radical (unpaired) electrons.